The van der Waals surface area contributed by atoms with Gasteiger partial charge in [-0.2, -0.15) is 0 Å². The maximum atomic E-state index is 5.40. The van der Waals surface area contributed by atoms with Gasteiger partial charge in [0.2, 0.25) is 0 Å². The van der Waals surface area contributed by atoms with Crippen LogP contribution in [0.4, 0.5) is 0 Å². The summed E-state index contributed by atoms with van der Waals surface area (Å²) in [5.41, 5.74) is 2.65. The standard InChI is InChI=1S/C17H23NOS/c1-12-9-16(20-14(12)3)11-18-13(2)10-15-7-5-6-8-17(15)19-4/h5-9,13,18H,10-11H2,1-4H3. The van der Waals surface area contributed by atoms with E-state index in [2.05, 4.69) is 44.3 Å². The number of rotatable bonds is 6. The summed E-state index contributed by atoms with van der Waals surface area (Å²) in [6.45, 7) is 7.52. The van der Waals surface area contributed by atoms with Gasteiger partial charge in [0.15, 0.2) is 0 Å². The number of hydrogen-bond acceptors (Lipinski definition) is 3. The second-order valence-electron chi connectivity index (χ2n) is 5.25. The van der Waals surface area contributed by atoms with Gasteiger partial charge in [0, 0.05) is 22.3 Å². The summed E-state index contributed by atoms with van der Waals surface area (Å²) < 4.78 is 5.40. The molecule has 3 heteroatoms. The van der Waals surface area contributed by atoms with E-state index < -0.39 is 0 Å². The molecule has 0 aliphatic heterocycles. The maximum absolute atomic E-state index is 5.40. The first-order valence-electron chi connectivity index (χ1n) is 7.01. The molecule has 0 aliphatic carbocycles. The molecule has 0 bridgehead atoms. The Morgan fingerprint density at radius 1 is 1.25 bits per heavy atom. The number of methoxy groups -OCH3 is 1. The predicted molar refractivity (Wildman–Crippen MR) is 86.8 cm³/mol. The molecule has 1 heterocycles. The van der Waals surface area contributed by atoms with Gasteiger partial charge in [-0.1, -0.05) is 18.2 Å². The van der Waals surface area contributed by atoms with Crippen molar-refractivity contribution in [3.05, 3.63) is 51.2 Å². The first-order valence-corrected chi connectivity index (χ1v) is 7.83. The Kier molecular flexibility index (Phi) is 5.21. The lowest BCUT2D eigenvalue weighted by Gasteiger charge is -2.15. The summed E-state index contributed by atoms with van der Waals surface area (Å²) in [4.78, 5) is 2.83. The van der Waals surface area contributed by atoms with Crippen molar-refractivity contribution in [3.8, 4) is 5.75 Å². The molecule has 1 aromatic carbocycles. The highest BCUT2D eigenvalue weighted by Crippen LogP contribution is 2.21. The molecule has 0 saturated heterocycles. The van der Waals surface area contributed by atoms with Gasteiger partial charge in [0.1, 0.15) is 5.75 Å². The van der Waals surface area contributed by atoms with Crippen molar-refractivity contribution in [2.75, 3.05) is 7.11 Å². The molecule has 0 aliphatic rings. The number of nitrogens with one attached hydrogen (secondary N) is 1. The Morgan fingerprint density at radius 3 is 2.65 bits per heavy atom. The van der Waals surface area contributed by atoms with Gasteiger partial charge >= 0.3 is 0 Å². The summed E-state index contributed by atoms with van der Waals surface area (Å²) in [7, 11) is 1.73. The molecule has 20 heavy (non-hydrogen) atoms. The monoisotopic (exact) mass is 289 g/mol. The van der Waals surface area contributed by atoms with Gasteiger partial charge in [-0.05, 0) is 50.5 Å². The fourth-order valence-electron chi connectivity index (χ4n) is 2.29. The largest absolute Gasteiger partial charge is 0.496 e. The Balaban J connectivity index is 1.90. The Labute approximate surface area is 125 Å². The van der Waals surface area contributed by atoms with Crippen LogP contribution in [0.15, 0.2) is 30.3 Å². The number of hydrogen-bond donors (Lipinski definition) is 1. The number of ether oxygens (including phenoxy) is 1. The van der Waals surface area contributed by atoms with E-state index in [1.807, 2.05) is 23.5 Å². The van der Waals surface area contributed by atoms with Gasteiger partial charge in [0.05, 0.1) is 7.11 Å². The van der Waals surface area contributed by atoms with Crippen LogP contribution < -0.4 is 10.1 Å². The molecule has 0 amide bonds. The molecular weight excluding hydrogens is 266 g/mol. The van der Waals surface area contributed by atoms with Crippen LogP contribution in [-0.4, -0.2) is 13.2 Å². The maximum Gasteiger partial charge on any atom is 0.122 e. The van der Waals surface area contributed by atoms with E-state index in [0.717, 1.165) is 18.7 Å². The zero-order valence-corrected chi connectivity index (χ0v) is 13.5. The Hall–Kier alpha value is -1.32. The third kappa shape index (κ3) is 3.84. The van der Waals surface area contributed by atoms with E-state index in [4.69, 9.17) is 4.74 Å². The summed E-state index contributed by atoms with van der Waals surface area (Å²) in [6, 6.07) is 10.9. The van der Waals surface area contributed by atoms with E-state index in [9.17, 15) is 0 Å². The summed E-state index contributed by atoms with van der Waals surface area (Å²) >= 11 is 1.88. The zero-order valence-electron chi connectivity index (χ0n) is 12.7. The van der Waals surface area contributed by atoms with Crippen molar-refractivity contribution >= 4 is 11.3 Å². The minimum absolute atomic E-state index is 0.425. The summed E-state index contributed by atoms with van der Waals surface area (Å²) in [5, 5.41) is 3.59. The zero-order chi connectivity index (χ0) is 14.5. The fraction of sp³-hybridized carbons (Fsp3) is 0.412. The van der Waals surface area contributed by atoms with Crippen molar-refractivity contribution in [1.29, 1.82) is 0 Å². The van der Waals surface area contributed by atoms with Gasteiger partial charge < -0.3 is 10.1 Å². The van der Waals surface area contributed by atoms with Crippen molar-refractivity contribution in [2.24, 2.45) is 0 Å². The lowest BCUT2D eigenvalue weighted by Crippen LogP contribution is -2.27. The topological polar surface area (TPSA) is 21.3 Å². The highest BCUT2D eigenvalue weighted by atomic mass is 32.1. The second-order valence-corrected chi connectivity index (χ2v) is 6.59. The van der Waals surface area contributed by atoms with E-state index in [1.165, 1.54) is 20.9 Å². The van der Waals surface area contributed by atoms with Crippen LogP contribution in [0.1, 0.15) is 27.8 Å². The molecule has 108 valence electrons. The summed E-state index contributed by atoms with van der Waals surface area (Å²) in [5.74, 6) is 0.976. The van der Waals surface area contributed by atoms with Gasteiger partial charge in [0.25, 0.3) is 0 Å². The summed E-state index contributed by atoms with van der Waals surface area (Å²) in [6.07, 6.45) is 0.980. The molecule has 2 aromatic rings. The molecule has 0 radical (unpaired) electrons. The average molecular weight is 289 g/mol. The van der Waals surface area contributed by atoms with Crippen LogP contribution in [-0.2, 0) is 13.0 Å². The lowest BCUT2D eigenvalue weighted by atomic mass is 10.1. The Bertz CT molecular complexity index is 542. The Morgan fingerprint density at radius 2 is 2.00 bits per heavy atom. The van der Waals surface area contributed by atoms with E-state index in [-0.39, 0.29) is 0 Å². The molecule has 0 spiro atoms. The molecule has 1 N–H and O–H groups in total. The predicted octanol–water partition coefficient (Wildman–Crippen LogP) is 4.09. The van der Waals surface area contributed by atoms with E-state index in [0.29, 0.717) is 6.04 Å². The normalized spacial score (nSPS) is 12.4. The highest BCUT2D eigenvalue weighted by Gasteiger charge is 2.08. The van der Waals surface area contributed by atoms with Crippen molar-refractivity contribution < 1.29 is 4.74 Å². The smallest absolute Gasteiger partial charge is 0.122 e. The first kappa shape index (κ1) is 15.1. The van der Waals surface area contributed by atoms with E-state index >= 15 is 0 Å². The average Bonchev–Trinajstić information content (AvgIpc) is 2.76. The van der Waals surface area contributed by atoms with Crippen LogP contribution in [0.3, 0.4) is 0 Å². The minimum Gasteiger partial charge on any atom is -0.496 e. The lowest BCUT2D eigenvalue weighted by molar-refractivity contribution is 0.406. The molecule has 0 saturated carbocycles. The number of aryl methyl sites for hydroxylation is 2. The van der Waals surface area contributed by atoms with E-state index in [1.54, 1.807) is 7.11 Å². The quantitative estimate of drug-likeness (QED) is 0.864. The molecule has 2 rings (SSSR count). The minimum atomic E-state index is 0.425. The van der Waals surface area contributed by atoms with Crippen LogP contribution >= 0.6 is 11.3 Å². The number of thiophene rings is 1. The van der Waals surface area contributed by atoms with Crippen LogP contribution in [0.25, 0.3) is 0 Å². The van der Waals surface area contributed by atoms with Crippen LogP contribution in [0.2, 0.25) is 0 Å². The van der Waals surface area contributed by atoms with Crippen molar-refractivity contribution in [2.45, 2.75) is 39.8 Å². The second kappa shape index (κ2) is 6.91. The van der Waals surface area contributed by atoms with Crippen LogP contribution in [0, 0.1) is 13.8 Å². The third-order valence-electron chi connectivity index (χ3n) is 3.56. The number of para-hydroxylation sites is 1. The van der Waals surface area contributed by atoms with Crippen molar-refractivity contribution in [3.63, 3.8) is 0 Å². The fourth-order valence-corrected chi connectivity index (χ4v) is 3.29. The molecule has 1 atom stereocenters. The SMILES string of the molecule is COc1ccccc1CC(C)NCc1cc(C)c(C)s1. The molecule has 1 unspecified atom stereocenters. The van der Waals surface area contributed by atoms with Gasteiger partial charge in [-0.3, -0.25) is 0 Å². The van der Waals surface area contributed by atoms with Gasteiger partial charge in [-0.15, -0.1) is 11.3 Å². The number of benzene rings is 1. The highest BCUT2D eigenvalue weighted by molar-refractivity contribution is 7.12. The van der Waals surface area contributed by atoms with Gasteiger partial charge in [-0.25, -0.2) is 0 Å². The molecular formula is C17H23NOS. The molecule has 2 nitrogen and oxygen atoms in total. The first-order chi connectivity index (χ1) is 9.60. The molecule has 1 aromatic heterocycles. The van der Waals surface area contributed by atoms with Crippen molar-refractivity contribution in [1.82, 2.24) is 5.32 Å². The molecule has 0 fully saturated rings. The third-order valence-corrected chi connectivity index (χ3v) is 4.71. The van der Waals surface area contributed by atoms with Crippen LogP contribution in [0.5, 0.6) is 5.75 Å².